The third kappa shape index (κ3) is 4.85. The van der Waals surface area contributed by atoms with Gasteiger partial charge in [0.05, 0.1) is 0 Å². The first kappa shape index (κ1) is 12.8. The molecule has 0 aliphatic rings. The van der Waals surface area contributed by atoms with Crippen LogP contribution in [-0.2, 0) is 0 Å². The van der Waals surface area contributed by atoms with Crippen LogP contribution < -0.4 is 5.46 Å². The smallest absolute Gasteiger partial charge is 0.247 e. The third-order valence-corrected chi connectivity index (χ3v) is 2.75. The van der Waals surface area contributed by atoms with Crippen LogP contribution in [-0.4, -0.2) is 25.3 Å². The second-order valence-corrected chi connectivity index (χ2v) is 4.63. The van der Waals surface area contributed by atoms with E-state index in [1.807, 2.05) is 0 Å². The molecule has 0 unspecified atom stereocenters. The minimum absolute atomic E-state index is 1.14. The fraction of sp³-hybridized carbons (Fsp3) is 0.500. The van der Waals surface area contributed by atoms with Crippen molar-refractivity contribution in [3.63, 3.8) is 0 Å². The molecule has 1 aromatic rings. The zero-order chi connectivity index (χ0) is 11.1. The topological polar surface area (TPSA) is 3.24 Å². The van der Waals surface area contributed by atoms with E-state index in [9.17, 15) is 0 Å². The van der Waals surface area contributed by atoms with Gasteiger partial charge in [0, 0.05) is 4.47 Å². The molecular weight excluding hydrogens is 249 g/mol. The number of nitrogens with zero attached hydrogens (tertiary/aromatic N) is 1. The summed E-state index contributed by atoms with van der Waals surface area (Å²) in [5, 5.41) is 0. The van der Waals surface area contributed by atoms with Crippen LogP contribution in [0.25, 0.3) is 0 Å². The van der Waals surface area contributed by atoms with Crippen LogP contribution in [0.1, 0.15) is 26.7 Å². The lowest BCUT2D eigenvalue weighted by molar-refractivity contribution is 0.445. The molecule has 0 aliphatic carbocycles. The predicted molar refractivity (Wildman–Crippen MR) is 71.7 cm³/mol. The molecule has 0 aliphatic heterocycles. The molecule has 0 spiro atoms. The molecule has 0 fully saturated rings. The highest BCUT2D eigenvalue weighted by atomic mass is 79.9. The molecule has 3 heteroatoms. The van der Waals surface area contributed by atoms with E-state index < -0.39 is 0 Å². The largest absolute Gasteiger partial charge is 0.342 e. The van der Waals surface area contributed by atoms with Crippen molar-refractivity contribution in [3.05, 3.63) is 28.7 Å². The van der Waals surface area contributed by atoms with Crippen molar-refractivity contribution >= 4 is 28.8 Å². The Bertz CT molecular complexity index is 267. The molecular formula is C12H18BBrN. The summed E-state index contributed by atoms with van der Waals surface area (Å²) >= 11 is 3.45. The molecule has 0 heterocycles. The lowest BCUT2D eigenvalue weighted by Gasteiger charge is -2.19. The zero-order valence-corrected chi connectivity index (χ0v) is 11.1. The maximum atomic E-state index is 3.45. The van der Waals surface area contributed by atoms with Gasteiger partial charge >= 0.3 is 0 Å². The molecule has 1 nitrogen and oxygen atoms in total. The molecule has 0 amide bonds. The van der Waals surface area contributed by atoms with Gasteiger partial charge in [-0.2, -0.15) is 0 Å². The van der Waals surface area contributed by atoms with Gasteiger partial charge in [-0.15, -0.1) is 0 Å². The Kier molecular flexibility index (Phi) is 6.03. The van der Waals surface area contributed by atoms with E-state index in [4.69, 9.17) is 0 Å². The highest BCUT2D eigenvalue weighted by Gasteiger charge is 2.05. The van der Waals surface area contributed by atoms with Crippen LogP contribution in [0.3, 0.4) is 0 Å². The summed E-state index contributed by atoms with van der Waals surface area (Å²) in [4.78, 5) is 2.39. The Balaban J connectivity index is 2.53. The number of benzene rings is 1. The maximum absolute atomic E-state index is 3.45. The summed E-state index contributed by atoms with van der Waals surface area (Å²) in [6.07, 6.45) is 2.40. The minimum atomic E-state index is 1.14. The molecule has 0 atom stereocenters. The summed E-state index contributed by atoms with van der Waals surface area (Å²) in [6, 6.07) is 8.45. The van der Waals surface area contributed by atoms with E-state index in [-0.39, 0.29) is 0 Å². The molecule has 0 saturated carbocycles. The van der Waals surface area contributed by atoms with E-state index in [0.717, 1.165) is 17.6 Å². The van der Waals surface area contributed by atoms with Crippen molar-refractivity contribution in [1.29, 1.82) is 0 Å². The predicted octanol–water partition coefficient (Wildman–Crippen LogP) is 2.82. The summed E-state index contributed by atoms with van der Waals surface area (Å²) in [7, 11) is 2.25. The van der Waals surface area contributed by atoms with Crippen molar-refractivity contribution in [2.24, 2.45) is 0 Å². The Labute approximate surface area is 102 Å². The first-order chi connectivity index (χ1) is 7.26. The summed E-state index contributed by atoms with van der Waals surface area (Å²) in [5.41, 5.74) is 1.28. The first-order valence-corrected chi connectivity index (χ1v) is 6.40. The van der Waals surface area contributed by atoms with E-state index in [1.54, 1.807) is 0 Å². The second kappa shape index (κ2) is 7.07. The molecule has 1 rings (SSSR count). The average molecular weight is 267 g/mol. The molecule has 1 aromatic carbocycles. The van der Waals surface area contributed by atoms with Gasteiger partial charge in [0.25, 0.3) is 0 Å². The van der Waals surface area contributed by atoms with Gasteiger partial charge in [-0.1, -0.05) is 47.4 Å². The fourth-order valence-corrected chi connectivity index (χ4v) is 1.84. The lowest BCUT2D eigenvalue weighted by atomic mass is 9.80. The number of hydrogen-bond donors (Lipinski definition) is 0. The number of halogens is 1. The summed E-state index contributed by atoms with van der Waals surface area (Å²) < 4.78 is 1.14. The van der Waals surface area contributed by atoms with E-state index >= 15 is 0 Å². The van der Waals surface area contributed by atoms with E-state index in [0.29, 0.717) is 0 Å². The summed E-state index contributed by atoms with van der Waals surface area (Å²) in [6.45, 7) is 6.73. The van der Waals surface area contributed by atoms with Crippen LogP contribution in [0.5, 0.6) is 0 Å². The van der Waals surface area contributed by atoms with Crippen LogP contribution in [0.2, 0.25) is 0 Å². The van der Waals surface area contributed by atoms with Gasteiger partial charge in [0.2, 0.25) is 7.41 Å². The Morgan fingerprint density at radius 2 is 1.60 bits per heavy atom. The van der Waals surface area contributed by atoms with Crippen molar-refractivity contribution in [3.8, 4) is 0 Å². The van der Waals surface area contributed by atoms with Gasteiger partial charge < -0.3 is 4.81 Å². The highest BCUT2D eigenvalue weighted by Crippen LogP contribution is 2.05. The molecule has 15 heavy (non-hydrogen) atoms. The van der Waals surface area contributed by atoms with Crippen LogP contribution >= 0.6 is 15.9 Å². The van der Waals surface area contributed by atoms with Gasteiger partial charge in [0.1, 0.15) is 0 Å². The monoisotopic (exact) mass is 266 g/mol. The molecule has 0 bridgehead atoms. The molecule has 0 aromatic heterocycles. The third-order valence-electron chi connectivity index (χ3n) is 2.22. The molecule has 81 valence electrons. The van der Waals surface area contributed by atoms with Crippen molar-refractivity contribution in [2.45, 2.75) is 26.7 Å². The number of hydrogen-bond acceptors (Lipinski definition) is 1. The molecule has 0 N–H and O–H groups in total. The lowest BCUT2D eigenvalue weighted by Crippen LogP contribution is -2.36. The van der Waals surface area contributed by atoms with Crippen molar-refractivity contribution in [2.75, 3.05) is 13.1 Å². The Hall–Kier alpha value is -0.275. The van der Waals surface area contributed by atoms with Gasteiger partial charge in [0.15, 0.2) is 0 Å². The quantitative estimate of drug-likeness (QED) is 0.716. The second-order valence-electron chi connectivity index (χ2n) is 3.72. The van der Waals surface area contributed by atoms with Gasteiger partial charge in [-0.3, -0.25) is 0 Å². The Morgan fingerprint density at radius 3 is 2.07 bits per heavy atom. The van der Waals surface area contributed by atoms with Crippen LogP contribution in [0, 0.1) is 0 Å². The van der Waals surface area contributed by atoms with Crippen LogP contribution in [0.15, 0.2) is 28.7 Å². The average Bonchev–Trinajstić information content (AvgIpc) is 2.22. The summed E-state index contributed by atoms with van der Waals surface area (Å²) in [5.74, 6) is 0. The minimum Gasteiger partial charge on any atom is -0.342 e. The van der Waals surface area contributed by atoms with E-state index in [1.165, 1.54) is 18.3 Å². The van der Waals surface area contributed by atoms with Gasteiger partial charge in [-0.25, -0.2) is 0 Å². The zero-order valence-electron chi connectivity index (χ0n) is 9.54. The molecule has 0 saturated heterocycles. The standard InChI is InChI=1S/C12H18BBrN/c1-3-9-15(10-4-2)13-11-5-7-12(14)8-6-11/h5-8H,3-4,9-10H2,1-2H3. The highest BCUT2D eigenvalue weighted by molar-refractivity contribution is 9.10. The van der Waals surface area contributed by atoms with Crippen LogP contribution in [0.4, 0.5) is 0 Å². The Morgan fingerprint density at radius 1 is 1.07 bits per heavy atom. The van der Waals surface area contributed by atoms with Crippen molar-refractivity contribution in [1.82, 2.24) is 4.81 Å². The SMILES string of the molecule is CCCN([B]c1ccc(Br)cc1)CCC. The van der Waals surface area contributed by atoms with E-state index in [2.05, 4.69) is 66.3 Å². The normalized spacial score (nSPS) is 10.7. The van der Waals surface area contributed by atoms with Gasteiger partial charge in [-0.05, 0) is 38.1 Å². The number of rotatable bonds is 6. The fourth-order valence-electron chi connectivity index (χ4n) is 1.57. The maximum Gasteiger partial charge on any atom is 0.247 e. The van der Waals surface area contributed by atoms with Crippen molar-refractivity contribution < 1.29 is 0 Å². The molecule has 1 radical (unpaired) electrons. The first-order valence-electron chi connectivity index (χ1n) is 5.60.